The Labute approximate surface area is 149 Å². The Hall–Kier alpha value is -3.41. The van der Waals surface area contributed by atoms with Crippen molar-refractivity contribution < 1.29 is 23.5 Å². The van der Waals surface area contributed by atoms with Crippen LogP contribution in [-0.2, 0) is 9.53 Å². The molecule has 0 radical (unpaired) electrons. The van der Waals surface area contributed by atoms with Gasteiger partial charge in [0, 0.05) is 10.9 Å². The van der Waals surface area contributed by atoms with Crippen molar-refractivity contribution in [1.29, 1.82) is 0 Å². The molecular formula is C20H17NO5. The van der Waals surface area contributed by atoms with Crippen molar-refractivity contribution in [3.63, 3.8) is 0 Å². The largest absolute Gasteiger partial charge is 0.449 e. The molecule has 1 amide bonds. The standard InChI is InChI=1S/C20H17NO5/c1-12(22)15-8-4-5-9-16(15)21-19(23)13(2)25-20(24)18-11-14-7-3-6-10-17(14)26-18/h3-11,13H,1-2H3,(H,21,23)/t13-/m0/s1. The smallest absolute Gasteiger partial charge is 0.375 e. The molecule has 2 aromatic carbocycles. The van der Waals surface area contributed by atoms with Crippen molar-refractivity contribution in [3.8, 4) is 0 Å². The van der Waals surface area contributed by atoms with Gasteiger partial charge in [0.2, 0.25) is 5.76 Å². The van der Waals surface area contributed by atoms with Crippen LogP contribution < -0.4 is 5.32 Å². The molecule has 1 atom stereocenters. The number of hydrogen-bond donors (Lipinski definition) is 1. The van der Waals surface area contributed by atoms with Gasteiger partial charge in [-0.05, 0) is 38.1 Å². The number of carbonyl (C=O) groups excluding carboxylic acids is 3. The van der Waals surface area contributed by atoms with E-state index in [1.54, 1.807) is 42.5 Å². The third-order valence-electron chi connectivity index (χ3n) is 3.84. The molecular weight excluding hydrogens is 334 g/mol. The molecule has 0 bridgehead atoms. The molecule has 0 fully saturated rings. The first-order chi connectivity index (χ1) is 12.5. The molecule has 26 heavy (non-hydrogen) atoms. The van der Waals surface area contributed by atoms with Gasteiger partial charge in [-0.1, -0.05) is 30.3 Å². The highest BCUT2D eigenvalue weighted by Crippen LogP contribution is 2.20. The highest BCUT2D eigenvalue weighted by molar-refractivity contribution is 6.05. The van der Waals surface area contributed by atoms with Gasteiger partial charge in [0.05, 0.1) is 5.69 Å². The molecule has 0 aliphatic heterocycles. The molecule has 1 heterocycles. The lowest BCUT2D eigenvalue weighted by atomic mass is 10.1. The van der Waals surface area contributed by atoms with E-state index in [0.29, 0.717) is 16.8 Å². The maximum Gasteiger partial charge on any atom is 0.375 e. The summed E-state index contributed by atoms with van der Waals surface area (Å²) >= 11 is 0. The Kier molecular flexibility index (Phi) is 4.84. The number of anilines is 1. The van der Waals surface area contributed by atoms with E-state index < -0.39 is 18.0 Å². The van der Waals surface area contributed by atoms with Crippen LogP contribution in [0.1, 0.15) is 34.8 Å². The van der Waals surface area contributed by atoms with Gasteiger partial charge in [0.25, 0.3) is 5.91 Å². The van der Waals surface area contributed by atoms with E-state index >= 15 is 0 Å². The average molecular weight is 351 g/mol. The summed E-state index contributed by atoms with van der Waals surface area (Å²) in [7, 11) is 0. The number of amides is 1. The first-order valence-corrected chi connectivity index (χ1v) is 8.06. The summed E-state index contributed by atoms with van der Waals surface area (Å²) in [6.07, 6.45) is -1.06. The van der Waals surface area contributed by atoms with Gasteiger partial charge in [-0.25, -0.2) is 4.79 Å². The van der Waals surface area contributed by atoms with Crippen molar-refractivity contribution in [2.75, 3.05) is 5.32 Å². The molecule has 0 aliphatic carbocycles. The van der Waals surface area contributed by atoms with E-state index in [0.717, 1.165) is 5.39 Å². The Morgan fingerprint density at radius 1 is 1.04 bits per heavy atom. The SMILES string of the molecule is CC(=O)c1ccccc1NC(=O)[C@H](C)OC(=O)c1cc2ccccc2o1. The van der Waals surface area contributed by atoms with E-state index in [4.69, 9.17) is 9.15 Å². The van der Waals surface area contributed by atoms with Gasteiger partial charge in [0.15, 0.2) is 11.9 Å². The highest BCUT2D eigenvalue weighted by Gasteiger charge is 2.22. The van der Waals surface area contributed by atoms with Crippen molar-refractivity contribution in [3.05, 3.63) is 65.9 Å². The summed E-state index contributed by atoms with van der Waals surface area (Å²) in [5, 5.41) is 3.38. The minimum atomic E-state index is -1.06. The van der Waals surface area contributed by atoms with E-state index in [1.165, 1.54) is 13.8 Å². The molecule has 3 aromatic rings. The van der Waals surface area contributed by atoms with Gasteiger partial charge in [-0.15, -0.1) is 0 Å². The number of esters is 1. The van der Waals surface area contributed by atoms with Gasteiger partial charge in [-0.2, -0.15) is 0 Å². The fourth-order valence-electron chi connectivity index (χ4n) is 2.49. The van der Waals surface area contributed by atoms with E-state index in [9.17, 15) is 14.4 Å². The fraction of sp³-hybridized carbons (Fsp3) is 0.150. The lowest BCUT2D eigenvalue weighted by Gasteiger charge is -2.14. The van der Waals surface area contributed by atoms with Crippen LogP contribution >= 0.6 is 0 Å². The Morgan fingerprint density at radius 3 is 2.46 bits per heavy atom. The minimum absolute atomic E-state index is 0.0231. The summed E-state index contributed by atoms with van der Waals surface area (Å²) < 4.78 is 10.6. The molecule has 6 heteroatoms. The van der Waals surface area contributed by atoms with Gasteiger partial charge in [0.1, 0.15) is 5.58 Å². The van der Waals surface area contributed by atoms with Crippen molar-refractivity contribution in [2.45, 2.75) is 20.0 Å². The van der Waals surface area contributed by atoms with Crippen LogP contribution in [0.25, 0.3) is 11.0 Å². The van der Waals surface area contributed by atoms with Crippen molar-refractivity contribution >= 4 is 34.3 Å². The maximum atomic E-state index is 12.3. The van der Waals surface area contributed by atoms with Gasteiger partial charge >= 0.3 is 5.97 Å². The van der Waals surface area contributed by atoms with Crippen LogP contribution in [0.4, 0.5) is 5.69 Å². The molecule has 1 N–H and O–H groups in total. The number of fused-ring (bicyclic) bond motifs is 1. The molecule has 6 nitrogen and oxygen atoms in total. The first-order valence-electron chi connectivity index (χ1n) is 8.06. The number of furan rings is 1. The van der Waals surface area contributed by atoms with Crippen LogP contribution in [0.15, 0.2) is 59.0 Å². The number of rotatable bonds is 5. The highest BCUT2D eigenvalue weighted by atomic mass is 16.6. The second-order valence-electron chi connectivity index (χ2n) is 5.79. The topological polar surface area (TPSA) is 85.6 Å². The number of hydrogen-bond acceptors (Lipinski definition) is 5. The third kappa shape index (κ3) is 3.64. The van der Waals surface area contributed by atoms with Crippen molar-refractivity contribution in [1.82, 2.24) is 0 Å². The van der Waals surface area contributed by atoms with Crippen molar-refractivity contribution in [2.24, 2.45) is 0 Å². The number of ether oxygens (including phenoxy) is 1. The number of para-hydroxylation sites is 2. The Morgan fingerprint density at radius 2 is 1.73 bits per heavy atom. The number of benzene rings is 2. The van der Waals surface area contributed by atoms with E-state index in [-0.39, 0.29) is 11.5 Å². The second-order valence-corrected chi connectivity index (χ2v) is 5.79. The van der Waals surface area contributed by atoms with Crippen LogP contribution in [0, 0.1) is 0 Å². The van der Waals surface area contributed by atoms with Gasteiger partial charge < -0.3 is 14.5 Å². The zero-order chi connectivity index (χ0) is 18.7. The Balaban J connectivity index is 1.69. The molecule has 1 aromatic heterocycles. The Bertz CT molecular complexity index is 956. The number of ketones is 1. The molecule has 0 saturated carbocycles. The number of Topliss-reactive ketones (excluding diaryl/α,β-unsaturated/α-hetero) is 1. The summed E-state index contributed by atoms with van der Waals surface area (Å²) in [4.78, 5) is 36.1. The van der Waals surface area contributed by atoms with Crippen LogP contribution in [0.3, 0.4) is 0 Å². The van der Waals surface area contributed by atoms with E-state index in [2.05, 4.69) is 5.32 Å². The monoisotopic (exact) mass is 351 g/mol. The normalized spacial score (nSPS) is 11.8. The lowest BCUT2D eigenvalue weighted by Crippen LogP contribution is -2.30. The second kappa shape index (κ2) is 7.23. The molecule has 0 unspecified atom stereocenters. The summed E-state index contributed by atoms with van der Waals surface area (Å²) in [6.45, 7) is 2.86. The third-order valence-corrected chi connectivity index (χ3v) is 3.84. The average Bonchev–Trinajstić information content (AvgIpc) is 3.06. The number of nitrogens with one attached hydrogen (secondary N) is 1. The van der Waals surface area contributed by atoms with Gasteiger partial charge in [-0.3, -0.25) is 9.59 Å². The van der Waals surface area contributed by atoms with Crippen LogP contribution in [0.2, 0.25) is 0 Å². The minimum Gasteiger partial charge on any atom is -0.449 e. The summed E-state index contributed by atoms with van der Waals surface area (Å²) in [5.41, 5.74) is 1.32. The molecule has 0 saturated heterocycles. The molecule has 0 aliphatic rings. The fourth-order valence-corrected chi connectivity index (χ4v) is 2.49. The lowest BCUT2D eigenvalue weighted by molar-refractivity contribution is -0.123. The quantitative estimate of drug-likeness (QED) is 0.558. The maximum absolute atomic E-state index is 12.3. The molecule has 0 spiro atoms. The number of carbonyl (C=O) groups is 3. The predicted molar refractivity (Wildman–Crippen MR) is 96.2 cm³/mol. The molecule has 132 valence electrons. The summed E-state index contributed by atoms with van der Waals surface area (Å²) in [6, 6.07) is 15.4. The predicted octanol–water partition coefficient (Wildman–Crippen LogP) is 3.82. The molecule has 3 rings (SSSR count). The zero-order valence-electron chi connectivity index (χ0n) is 14.3. The van der Waals surface area contributed by atoms with Crippen LogP contribution in [-0.4, -0.2) is 23.8 Å². The van der Waals surface area contributed by atoms with E-state index in [1.807, 2.05) is 12.1 Å². The van der Waals surface area contributed by atoms with Crippen LogP contribution in [0.5, 0.6) is 0 Å². The first kappa shape index (κ1) is 17.4. The zero-order valence-corrected chi connectivity index (χ0v) is 14.3. The summed E-state index contributed by atoms with van der Waals surface area (Å²) in [5.74, 6) is -1.42.